The van der Waals surface area contributed by atoms with Gasteiger partial charge in [0.1, 0.15) is 0 Å². The third kappa shape index (κ3) is 3.54. The van der Waals surface area contributed by atoms with Gasteiger partial charge in [0.25, 0.3) is 0 Å². The summed E-state index contributed by atoms with van der Waals surface area (Å²) in [4.78, 5) is 24.7. The first-order chi connectivity index (χ1) is 9.06. The Hall–Kier alpha value is -1.88. The molecule has 0 aromatic heterocycles. The van der Waals surface area contributed by atoms with Gasteiger partial charge in [-0.2, -0.15) is 0 Å². The Morgan fingerprint density at radius 2 is 2.00 bits per heavy atom. The van der Waals surface area contributed by atoms with Crippen molar-refractivity contribution in [2.45, 2.75) is 25.6 Å². The Morgan fingerprint density at radius 3 is 2.63 bits per heavy atom. The van der Waals surface area contributed by atoms with Gasteiger partial charge in [-0.05, 0) is 12.5 Å². The van der Waals surface area contributed by atoms with E-state index in [1.54, 1.807) is 11.8 Å². The van der Waals surface area contributed by atoms with Gasteiger partial charge in [-0.1, -0.05) is 30.3 Å². The van der Waals surface area contributed by atoms with E-state index in [9.17, 15) is 9.59 Å². The summed E-state index contributed by atoms with van der Waals surface area (Å²) in [6, 6.07) is 9.42. The van der Waals surface area contributed by atoms with Crippen LogP contribution in [0, 0.1) is 0 Å². The monoisotopic (exact) mass is 263 g/mol. The van der Waals surface area contributed by atoms with E-state index >= 15 is 0 Å². The van der Waals surface area contributed by atoms with Crippen LogP contribution in [0.2, 0.25) is 0 Å². The van der Waals surface area contributed by atoms with E-state index in [1.165, 1.54) is 0 Å². The average molecular weight is 263 g/mol. The number of carboxylic acids is 1. The molecule has 1 heterocycles. The van der Waals surface area contributed by atoms with Crippen LogP contribution in [0.3, 0.4) is 0 Å². The van der Waals surface area contributed by atoms with Crippen molar-refractivity contribution in [3.05, 3.63) is 35.9 Å². The van der Waals surface area contributed by atoms with Crippen LogP contribution in [0.4, 0.5) is 0 Å². The highest BCUT2D eigenvalue weighted by molar-refractivity contribution is 5.80. The highest BCUT2D eigenvalue weighted by Crippen LogP contribution is 2.13. The number of nitrogens with zero attached hydrogens (tertiary/aromatic N) is 1. The van der Waals surface area contributed by atoms with E-state index < -0.39 is 12.1 Å². The molecule has 0 bridgehead atoms. The predicted octanol–water partition coefficient (Wildman–Crippen LogP) is 0.930. The fraction of sp³-hybridized carbons (Fsp3) is 0.429. The summed E-state index contributed by atoms with van der Waals surface area (Å²) in [6.45, 7) is 2.33. The average Bonchev–Trinajstić information content (AvgIpc) is 2.39. The molecule has 0 radical (unpaired) electrons. The van der Waals surface area contributed by atoms with Gasteiger partial charge >= 0.3 is 5.97 Å². The van der Waals surface area contributed by atoms with Gasteiger partial charge in [0.15, 0.2) is 6.10 Å². The number of benzene rings is 1. The first-order valence-corrected chi connectivity index (χ1v) is 6.26. The molecule has 1 saturated heterocycles. The van der Waals surface area contributed by atoms with Crippen molar-refractivity contribution in [1.29, 1.82) is 0 Å². The third-order valence-corrected chi connectivity index (χ3v) is 3.09. The lowest BCUT2D eigenvalue weighted by Crippen LogP contribution is -2.52. The molecule has 0 saturated carbocycles. The maximum atomic E-state index is 12.2. The van der Waals surface area contributed by atoms with Crippen LogP contribution in [-0.2, 0) is 20.7 Å². The molecule has 1 fully saturated rings. The number of aliphatic carboxylic acids is 1. The van der Waals surface area contributed by atoms with Crippen LogP contribution >= 0.6 is 0 Å². The van der Waals surface area contributed by atoms with Crippen LogP contribution in [0.1, 0.15) is 12.5 Å². The SMILES string of the molecule is C[C@@H]1CN(C(=O)Cc2ccccc2)CC(C(=O)O)O1. The minimum absolute atomic E-state index is 0.0624. The van der Waals surface area contributed by atoms with E-state index in [2.05, 4.69) is 0 Å². The quantitative estimate of drug-likeness (QED) is 0.881. The standard InChI is InChI=1S/C14H17NO4/c1-10-8-15(9-12(19-10)14(17)18)13(16)7-11-5-3-2-4-6-11/h2-6,10,12H,7-9H2,1H3,(H,17,18)/t10-,12?/m1/s1. The van der Waals surface area contributed by atoms with Crippen LogP contribution < -0.4 is 0 Å². The van der Waals surface area contributed by atoms with Gasteiger partial charge in [0.2, 0.25) is 5.91 Å². The third-order valence-electron chi connectivity index (χ3n) is 3.09. The second-order valence-electron chi connectivity index (χ2n) is 4.73. The number of ether oxygens (including phenoxy) is 1. The summed E-state index contributed by atoms with van der Waals surface area (Å²) in [5, 5.41) is 8.98. The molecule has 5 nitrogen and oxygen atoms in total. The topological polar surface area (TPSA) is 66.8 Å². The fourth-order valence-electron chi connectivity index (χ4n) is 2.17. The summed E-state index contributed by atoms with van der Waals surface area (Å²) in [7, 11) is 0. The van der Waals surface area contributed by atoms with Crippen LogP contribution in [0.15, 0.2) is 30.3 Å². The van der Waals surface area contributed by atoms with Gasteiger partial charge in [-0.25, -0.2) is 4.79 Å². The highest BCUT2D eigenvalue weighted by Gasteiger charge is 2.32. The summed E-state index contributed by atoms with van der Waals surface area (Å²) >= 11 is 0. The van der Waals surface area contributed by atoms with Crippen molar-refractivity contribution >= 4 is 11.9 Å². The molecule has 2 atom stereocenters. The lowest BCUT2D eigenvalue weighted by molar-refractivity contribution is -0.166. The molecule has 1 aromatic rings. The molecular weight excluding hydrogens is 246 g/mol. The van der Waals surface area contributed by atoms with Gasteiger partial charge < -0.3 is 14.7 Å². The number of amides is 1. The molecule has 1 aliphatic rings. The van der Waals surface area contributed by atoms with Crippen LogP contribution in [0.5, 0.6) is 0 Å². The Labute approximate surface area is 111 Å². The smallest absolute Gasteiger partial charge is 0.334 e. The maximum Gasteiger partial charge on any atom is 0.334 e. The molecule has 5 heteroatoms. The first-order valence-electron chi connectivity index (χ1n) is 6.26. The van der Waals surface area contributed by atoms with Crippen molar-refractivity contribution < 1.29 is 19.4 Å². The number of carbonyl (C=O) groups is 2. The highest BCUT2D eigenvalue weighted by atomic mass is 16.5. The lowest BCUT2D eigenvalue weighted by atomic mass is 10.1. The minimum atomic E-state index is -1.02. The van der Waals surface area contributed by atoms with E-state index in [0.29, 0.717) is 13.0 Å². The van der Waals surface area contributed by atoms with Gasteiger partial charge in [0.05, 0.1) is 19.1 Å². The molecular formula is C14H17NO4. The maximum absolute atomic E-state index is 12.2. The molecule has 19 heavy (non-hydrogen) atoms. The van der Waals surface area contributed by atoms with Crippen molar-refractivity contribution in [3.8, 4) is 0 Å². The van der Waals surface area contributed by atoms with Crippen LogP contribution in [-0.4, -0.2) is 47.2 Å². The summed E-state index contributed by atoms with van der Waals surface area (Å²) < 4.78 is 5.28. The lowest BCUT2D eigenvalue weighted by Gasteiger charge is -2.35. The zero-order valence-electron chi connectivity index (χ0n) is 10.8. The summed E-state index contributed by atoms with van der Waals surface area (Å²) in [5.41, 5.74) is 0.929. The molecule has 1 amide bonds. The summed E-state index contributed by atoms with van der Waals surface area (Å²) in [5.74, 6) is -1.09. The van der Waals surface area contributed by atoms with Crippen molar-refractivity contribution in [2.24, 2.45) is 0 Å². The Bertz CT molecular complexity index is 460. The van der Waals surface area contributed by atoms with E-state index in [4.69, 9.17) is 9.84 Å². The van der Waals surface area contributed by atoms with Gasteiger partial charge in [-0.15, -0.1) is 0 Å². The van der Waals surface area contributed by atoms with E-state index in [-0.39, 0.29) is 18.6 Å². The molecule has 0 aliphatic carbocycles. The molecule has 1 aliphatic heterocycles. The van der Waals surface area contributed by atoms with Crippen molar-refractivity contribution in [2.75, 3.05) is 13.1 Å². The number of hydrogen-bond acceptors (Lipinski definition) is 3. The Balaban J connectivity index is 2.00. The molecule has 1 N–H and O–H groups in total. The number of rotatable bonds is 3. The number of carboxylic acid groups (broad SMARTS) is 1. The second-order valence-corrected chi connectivity index (χ2v) is 4.73. The second kappa shape index (κ2) is 5.84. The molecule has 1 unspecified atom stereocenters. The number of morpholine rings is 1. The predicted molar refractivity (Wildman–Crippen MR) is 68.7 cm³/mol. The zero-order chi connectivity index (χ0) is 13.8. The Morgan fingerprint density at radius 1 is 1.32 bits per heavy atom. The largest absolute Gasteiger partial charge is 0.479 e. The van der Waals surface area contributed by atoms with E-state index in [1.807, 2.05) is 30.3 Å². The summed E-state index contributed by atoms with van der Waals surface area (Å²) in [6.07, 6.45) is -0.891. The number of hydrogen-bond donors (Lipinski definition) is 1. The van der Waals surface area contributed by atoms with Gasteiger partial charge in [-0.3, -0.25) is 4.79 Å². The van der Waals surface area contributed by atoms with Gasteiger partial charge in [0, 0.05) is 6.54 Å². The van der Waals surface area contributed by atoms with E-state index in [0.717, 1.165) is 5.56 Å². The normalized spacial score (nSPS) is 23.1. The number of carbonyl (C=O) groups excluding carboxylic acids is 1. The molecule has 102 valence electrons. The van der Waals surface area contributed by atoms with Crippen molar-refractivity contribution in [3.63, 3.8) is 0 Å². The molecule has 2 rings (SSSR count). The molecule has 1 aromatic carbocycles. The first kappa shape index (κ1) is 13.5. The van der Waals surface area contributed by atoms with Crippen molar-refractivity contribution in [1.82, 2.24) is 4.90 Å². The van der Waals surface area contributed by atoms with Crippen LogP contribution in [0.25, 0.3) is 0 Å². The zero-order valence-corrected chi connectivity index (χ0v) is 10.8. The fourth-order valence-corrected chi connectivity index (χ4v) is 2.17. The molecule has 0 spiro atoms. The Kier molecular flexibility index (Phi) is 4.16. The minimum Gasteiger partial charge on any atom is -0.479 e.